The fraction of sp³-hybridized carbons (Fsp3) is 0.364. The summed E-state index contributed by atoms with van der Waals surface area (Å²) in [5.74, 6) is 2.42. The molecule has 0 saturated carbocycles. The van der Waals surface area contributed by atoms with Crippen LogP contribution >= 0.6 is 0 Å². The molecule has 1 saturated heterocycles. The summed E-state index contributed by atoms with van der Waals surface area (Å²) in [4.78, 5) is 6.90. The summed E-state index contributed by atoms with van der Waals surface area (Å²) in [7, 11) is 3.34. The Balaban J connectivity index is 1.38. The Morgan fingerprint density at radius 1 is 1.07 bits per heavy atom. The van der Waals surface area contributed by atoms with Crippen molar-refractivity contribution < 1.29 is 9.47 Å². The largest absolute Gasteiger partial charge is 0.497 e. The van der Waals surface area contributed by atoms with Crippen molar-refractivity contribution in [2.45, 2.75) is 25.4 Å². The third-order valence-corrected chi connectivity index (χ3v) is 5.15. The highest BCUT2D eigenvalue weighted by atomic mass is 16.5. The Kier molecular flexibility index (Phi) is 5.95. The van der Waals surface area contributed by atoms with Crippen molar-refractivity contribution in [3.63, 3.8) is 0 Å². The average Bonchev–Trinajstić information content (AvgIpc) is 3.23. The highest BCUT2D eigenvalue weighted by Gasteiger charge is 2.21. The van der Waals surface area contributed by atoms with Gasteiger partial charge in [0.1, 0.15) is 17.8 Å². The van der Waals surface area contributed by atoms with Crippen molar-refractivity contribution in [3.05, 3.63) is 60.7 Å². The summed E-state index contributed by atoms with van der Waals surface area (Å²) in [6.45, 7) is 2.75. The molecule has 1 fully saturated rings. The standard InChI is InChI=1S/C22H27N5O2/c1-28-20-11-18(12-21(13-20)29-2)24-17-7-6-10-26(14-17)15-22-23-16-27(25-22)19-8-4-3-5-9-19/h3-5,8-9,11-13,16-17,24H,6-7,10,14-15H2,1-2H3/t17-/m0/s1. The minimum atomic E-state index is 0.358. The first-order valence-corrected chi connectivity index (χ1v) is 9.91. The van der Waals surface area contributed by atoms with Gasteiger partial charge < -0.3 is 14.8 Å². The van der Waals surface area contributed by atoms with Crippen LogP contribution in [0.25, 0.3) is 5.69 Å². The number of benzene rings is 2. The van der Waals surface area contributed by atoms with Gasteiger partial charge in [-0.2, -0.15) is 0 Å². The normalized spacial score (nSPS) is 17.1. The summed E-state index contributed by atoms with van der Waals surface area (Å²) in [6.07, 6.45) is 4.05. The molecule has 0 aliphatic carbocycles. The van der Waals surface area contributed by atoms with E-state index in [1.54, 1.807) is 20.5 Å². The number of nitrogens with one attached hydrogen (secondary N) is 1. The minimum absolute atomic E-state index is 0.358. The summed E-state index contributed by atoms with van der Waals surface area (Å²) in [5, 5.41) is 8.27. The van der Waals surface area contributed by atoms with E-state index in [-0.39, 0.29) is 0 Å². The molecule has 0 radical (unpaired) electrons. The predicted octanol–water partition coefficient (Wildman–Crippen LogP) is 3.36. The van der Waals surface area contributed by atoms with Crippen LogP contribution in [0.1, 0.15) is 18.7 Å². The molecule has 0 unspecified atom stereocenters. The Hall–Kier alpha value is -3.06. The highest BCUT2D eigenvalue weighted by Crippen LogP contribution is 2.27. The average molecular weight is 393 g/mol. The van der Waals surface area contributed by atoms with Crippen molar-refractivity contribution in [2.75, 3.05) is 32.6 Å². The smallest absolute Gasteiger partial charge is 0.164 e. The van der Waals surface area contributed by atoms with Gasteiger partial charge in [-0.05, 0) is 31.5 Å². The first-order chi connectivity index (χ1) is 14.2. The number of likely N-dealkylation sites (tertiary alicyclic amines) is 1. The van der Waals surface area contributed by atoms with Gasteiger partial charge in [0.2, 0.25) is 0 Å². The van der Waals surface area contributed by atoms with E-state index in [1.165, 1.54) is 0 Å². The molecule has 1 aromatic heterocycles. The number of hydrogen-bond acceptors (Lipinski definition) is 6. The number of ether oxygens (including phenoxy) is 2. The number of anilines is 1. The summed E-state index contributed by atoms with van der Waals surface area (Å²) < 4.78 is 12.6. The van der Waals surface area contributed by atoms with Gasteiger partial charge in [0.15, 0.2) is 5.82 Å². The molecule has 7 heteroatoms. The number of aromatic nitrogens is 3. The van der Waals surface area contributed by atoms with Crippen LogP contribution in [0.15, 0.2) is 54.9 Å². The topological polar surface area (TPSA) is 64.4 Å². The van der Waals surface area contributed by atoms with E-state index in [1.807, 2.05) is 53.2 Å². The van der Waals surface area contributed by atoms with E-state index in [9.17, 15) is 0 Å². The Bertz CT molecular complexity index is 906. The zero-order chi connectivity index (χ0) is 20.1. The molecule has 1 N–H and O–H groups in total. The molecule has 0 bridgehead atoms. The van der Waals surface area contributed by atoms with Crippen LogP contribution in [0.4, 0.5) is 5.69 Å². The van der Waals surface area contributed by atoms with Gasteiger partial charge in [0.25, 0.3) is 0 Å². The van der Waals surface area contributed by atoms with Gasteiger partial charge >= 0.3 is 0 Å². The van der Waals surface area contributed by atoms with E-state index in [2.05, 4.69) is 20.3 Å². The minimum Gasteiger partial charge on any atom is -0.497 e. The molecule has 1 aliphatic rings. The van der Waals surface area contributed by atoms with Crippen LogP contribution in [0.2, 0.25) is 0 Å². The Morgan fingerprint density at radius 3 is 2.55 bits per heavy atom. The highest BCUT2D eigenvalue weighted by molar-refractivity contribution is 5.54. The molecule has 0 amide bonds. The van der Waals surface area contributed by atoms with E-state index < -0.39 is 0 Å². The Labute approximate surface area is 171 Å². The van der Waals surface area contributed by atoms with Crippen LogP contribution in [-0.2, 0) is 6.54 Å². The molecule has 152 valence electrons. The van der Waals surface area contributed by atoms with Crippen LogP contribution in [0.3, 0.4) is 0 Å². The lowest BCUT2D eigenvalue weighted by Crippen LogP contribution is -2.41. The second-order valence-corrected chi connectivity index (χ2v) is 7.26. The maximum atomic E-state index is 5.38. The van der Waals surface area contributed by atoms with Gasteiger partial charge in [0, 0.05) is 36.5 Å². The summed E-state index contributed by atoms with van der Waals surface area (Å²) >= 11 is 0. The molecule has 29 heavy (non-hydrogen) atoms. The zero-order valence-electron chi connectivity index (χ0n) is 16.9. The number of rotatable bonds is 7. The van der Waals surface area contributed by atoms with E-state index in [0.29, 0.717) is 6.04 Å². The molecule has 4 rings (SSSR count). The first kappa shape index (κ1) is 19.3. The maximum Gasteiger partial charge on any atom is 0.164 e. The number of methoxy groups -OCH3 is 2. The molecule has 7 nitrogen and oxygen atoms in total. The molecule has 1 aliphatic heterocycles. The number of piperidine rings is 1. The lowest BCUT2D eigenvalue weighted by molar-refractivity contribution is 0.204. The summed E-state index contributed by atoms with van der Waals surface area (Å²) in [5.41, 5.74) is 2.04. The van der Waals surface area contributed by atoms with Crippen molar-refractivity contribution in [2.24, 2.45) is 0 Å². The molecular formula is C22H27N5O2. The van der Waals surface area contributed by atoms with Crippen LogP contribution in [0, 0.1) is 0 Å². The SMILES string of the molecule is COc1cc(N[C@H]2CCCN(Cc3ncn(-c4ccccc4)n3)C2)cc(OC)c1. The molecular weight excluding hydrogens is 366 g/mol. The third kappa shape index (κ3) is 4.86. The fourth-order valence-corrected chi connectivity index (χ4v) is 3.72. The van der Waals surface area contributed by atoms with E-state index in [4.69, 9.17) is 9.47 Å². The molecule has 3 aromatic rings. The van der Waals surface area contributed by atoms with Crippen molar-refractivity contribution in [1.82, 2.24) is 19.7 Å². The molecule has 2 aromatic carbocycles. The summed E-state index contributed by atoms with van der Waals surface area (Å²) in [6, 6.07) is 16.3. The van der Waals surface area contributed by atoms with Gasteiger partial charge in [-0.3, -0.25) is 4.90 Å². The lowest BCUT2D eigenvalue weighted by Gasteiger charge is -2.33. The second kappa shape index (κ2) is 8.96. The van der Waals surface area contributed by atoms with Crippen LogP contribution in [0.5, 0.6) is 11.5 Å². The van der Waals surface area contributed by atoms with Crippen LogP contribution in [-0.4, -0.2) is 53.0 Å². The monoisotopic (exact) mass is 393 g/mol. The van der Waals surface area contributed by atoms with Crippen molar-refractivity contribution in [3.8, 4) is 17.2 Å². The van der Waals surface area contributed by atoms with Gasteiger partial charge in [-0.1, -0.05) is 18.2 Å². The van der Waals surface area contributed by atoms with E-state index in [0.717, 1.165) is 61.2 Å². The maximum absolute atomic E-state index is 5.38. The van der Waals surface area contributed by atoms with Crippen molar-refractivity contribution >= 4 is 5.69 Å². The fourth-order valence-electron chi connectivity index (χ4n) is 3.72. The van der Waals surface area contributed by atoms with E-state index >= 15 is 0 Å². The molecule has 2 heterocycles. The van der Waals surface area contributed by atoms with Gasteiger partial charge in [0.05, 0.1) is 26.5 Å². The van der Waals surface area contributed by atoms with Gasteiger partial charge in [-0.15, -0.1) is 5.10 Å². The zero-order valence-corrected chi connectivity index (χ0v) is 16.9. The van der Waals surface area contributed by atoms with Crippen LogP contribution < -0.4 is 14.8 Å². The lowest BCUT2D eigenvalue weighted by atomic mass is 10.1. The van der Waals surface area contributed by atoms with Crippen molar-refractivity contribution in [1.29, 1.82) is 0 Å². The molecule has 1 atom stereocenters. The molecule has 0 spiro atoms. The quantitative estimate of drug-likeness (QED) is 0.664. The number of para-hydroxylation sites is 1. The third-order valence-electron chi connectivity index (χ3n) is 5.15. The first-order valence-electron chi connectivity index (χ1n) is 9.91. The Morgan fingerprint density at radius 2 is 1.83 bits per heavy atom. The predicted molar refractivity (Wildman–Crippen MR) is 113 cm³/mol. The number of hydrogen-bond donors (Lipinski definition) is 1. The second-order valence-electron chi connectivity index (χ2n) is 7.26. The number of nitrogens with zero attached hydrogens (tertiary/aromatic N) is 4. The van der Waals surface area contributed by atoms with Gasteiger partial charge in [-0.25, -0.2) is 9.67 Å².